The normalized spacial score (nSPS) is 15.5. The Morgan fingerprint density at radius 2 is 1.76 bits per heavy atom. The molecule has 1 aromatic carbocycles. The Balaban J connectivity index is 1.58. The van der Waals surface area contributed by atoms with Gasteiger partial charge in [0.2, 0.25) is 16.0 Å². The number of piperidine rings is 1. The van der Waals surface area contributed by atoms with Crippen LogP contribution in [0.15, 0.2) is 41.3 Å². The van der Waals surface area contributed by atoms with E-state index in [1.165, 1.54) is 16.8 Å². The van der Waals surface area contributed by atoms with Crippen LogP contribution >= 0.6 is 0 Å². The molecule has 182 valence electrons. The van der Waals surface area contributed by atoms with Crippen molar-refractivity contribution in [2.75, 3.05) is 24.2 Å². The van der Waals surface area contributed by atoms with Crippen LogP contribution in [0.5, 0.6) is 0 Å². The van der Waals surface area contributed by atoms with Crippen molar-refractivity contribution in [2.45, 2.75) is 32.2 Å². The number of sulfonamides is 1. The van der Waals surface area contributed by atoms with Gasteiger partial charge in [0.25, 0.3) is 5.56 Å². The van der Waals surface area contributed by atoms with Crippen LogP contribution in [0.1, 0.15) is 26.2 Å². The lowest BCUT2D eigenvalue weighted by Gasteiger charge is -2.31. The molecule has 1 aliphatic heterocycles. The topological polar surface area (TPSA) is 102 Å². The quantitative estimate of drug-likeness (QED) is 0.549. The molecule has 0 atom stereocenters. The molecule has 0 unspecified atom stereocenters. The third-order valence-electron chi connectivity index (χ3n) is 6.19. The largest absolute Gasteiger partial charge is 0.351 e. The third kappa shape index (κ3) is 4.76. The summed E-state index contributed by atoms with van der Waals surface area (Å²) in [6, 6.07) is 7.58. The predicted octanol–water partition coefficient (Wildman–Crippen LogP) is 2.60. The number of benzene rings is 1. The summed E-state index contributed by atoms with van der Waals surface area (Å²) in [6.07, 6.45) is 3.53. The van der Waals surface area contributed by atoms with Crippen molar-refractivity contribution < 1.29 is 12.8 Å². The average molecular weight is 489 g/mol. The molecule has 11 heteroatoms. The Bertz CT molecular complexity index is 1330. The van der Waals surface area contributed by atoms with Gasteiger partial charge in [-0.15, -0.1) is 0 Å². The fourth-order valence-corrected chi connectivity index (χ4v) is 5.83. The summed E-state index contributed by atoms with van der Waals surface area (Å²) in [5.74, 6) is 0.205. The number of nitrogens with zero attached hydrogens (tertiary/aromatic N) is 5. The maximum atomic E-state index is 13.5. The van der Waals surface area contributed by atoms with Crippen LogP contribution in [-0.2, 0) is 24.1 Å². The summed E-state index contributed by atoms with van der Waals surface area (Å²) in [5.41, 5.74) is 1.98. The second-order valence-corrected chi connectivity index (χ2v) is 10.6. The van der Waals surface area contributed by atoms with Crippen molar-refractivity contribution in [3.63, 3.8) is 0 Å². The molecule has 0 spiro atoms. The van der Waals surface area contributed by atoms with Crippen LogP contribution in [0.25, 0.3) is 22.5 Å². The maximum Gasteiger partial charge on any atom is 0.274 e. The van der Waals surface area contributed by atoms with Gasteiger partial charge in [0.15, 0.2) is 0 Å². The molecule has 1 fully saturated rings. The van der Waals surface area contributed by atoms with Gasteiger partial charge >= 0.3 is 0 Å². The second-order valence-electron chi connectivity index (χ2n) is 8.48. The lowest BCUT2D eigenvalue weighted by atomic mass is 10.0. The molecule has 1 N–H and O–H groups in total. The molecule has 0 bridgehead atoms. The van der Waals surface area contributed by atoms with E-state index in [4.69, 9.17) is 0 Å². The summed E-state index contributed by atoms with van der Waals surface area (Å²) >= 11 is 0. The molecule has 9 nitrogen and oxygen atoms in total. The molecule has 0 saturated carbocycles. The molecule has 0 radical (unpaired) electrons. The average Bonchev–Trinajstić information content (AvgIpc) is 3.04. The number of hydrogen-bond acceptors (Lipinski definition) is 6. The summed E-state index contributed by atoms with van der Waals surface area (Å²) in [6.45, 7) is 2.78. The van der Waals surface area contributed by atoms with Crippen LogP contribution in [0.3, 0.4) is 0 Å². The Kier molecular flexibility index (Phi) is 6.85. The van der Waals surface area contributed by atoms with Crippen LogP contribution < -0.4 is 10.9 Å². The van der Waals surface area contributed by atoms with Gasteiger partial charge in [-0.3, -0.25) is 14.2 Å². The van der Waals surface area contributed by atoms with Crippen LogP contribution in [0.4, 0.5) is 10.3 Å². The van der Waals surface area contributed by atoms with Crippen LogP contribution in [0.2, 0.25) is 0 Å². The number of hydrogen-bond donors (Lipinski definition) is 1. The maximum absolute atomic E-state index is 13.5. The summed E-state index contributed by atoms with van der Waals surface area (Å²) in [7, 11) is 0.239. The summed E-state index contributed by atoms with van der Waals surface area (Å²) in [4.78, 5) is 21.9. The van der Waals surface area contributed by atoms with Gasteiger partial charge in [-0.25, -0.2) is 27.1 Å². The molecule has 34 heavy (non-hydrogen) atoms. The lowest BCUT2D eigenvalue weighted by molar-refractivity contribution is 0.329. The lowest BCUT2D eigenvalue weighted by Crippen LogP contribution is -2.43. The number of anilines is 1. The van der Waals surface area contributed by atoms with E-state index in [1.54, 1.807) is 47.5 Å². The van der Waals surface area contributed by atoms with E-state index in [-0.39, 0.29) is 23.2 Å². The second kappa shape index (κ2) is 9.67. The van der Waals surface area contributed by atoms with Crippen molar-refractivity contribution >= 4 is 16.0 Å². The Hall–Kier alpha value is -3.05. The van der Waals surface area contributed by atoms with Gasteiger partial charge in [0.05, 0.1) is 22.7 Å². The minimum Gasteiger partial charge on any atom is -0.351 e. The van der Waals surface area contributed by atoms with E-state index in [9.17, 15) is 17.6 Å². The van der Waals surface area contributed by atoms with E-state index >= 15 is 0 Å². The van der Waals surface area contributed by atoms with Crippen molar-refractivity contribution in [2.24, 2.45) is 14.1 Å². The highest BCUT2D eigenvalue weighted by Crippen LogP contribution is 2.29. The van der Waals surface area contributed by atoms with Crippen LogP contribution in [0, 0.1) is 5.82 Å². The Morgan fingerprint density at radius 3 is 2.41 bits per heavy atom. The van der Waals surface area contributed by atoms with Gasteiger partial charge in [0.1, 0.15) is 5.82 Å². The van der Waals surface area contributed by atoms with Gasteiger partial charge < -0.3 is 5.32 Å². The molecular weight excluding hydrogens is 459 g/mol. The first-order valence-electron chi connectivity index (χ1n) is 11.3. The predicted molar refractivity (Wildman–Crippen MR) is 129 cm³/mol. The number of nitrogens with one attached hydrogen (secondary N) is 1. The number of rotatable bonds is 7. The Morgan fingerprint density at radius 1 is 1.09 bits per heavy atom. The summed E-state index contributed by atoms with van der Waals surface area (Å²) < 4.78 is 42.8. The molecule has 1 saturated heterocycles. The first kappa shape index (κ1) is 24.1. The monoisotopic (exact) mass is 488 g/mol. The SMILES string of the molecule is CCCS(=O)(=O)N1CCC(Nc2nccc(-c3c(-c4ccc(F)cc4)c(=O)n(C)n3C)n2)CC1. The first-order chi connectivity index (χ1) is 16.2. The fourth-order valence-electron chi connectivity index (χ4n) is 4.29. The smallest absolute Gasteiger partial charge is 0.274 e. The standard InChI is InChI=1S/C23H29FN6O3S/c1-4-15-34(32,33)30-13-10-18(11-14-30)26-23-25-12-9-19(27-23)21-20(22(31)29(3)28(21)2)16-5-7-17(24)8-6-16/h5-9,12,18H,4,10-11,13-15H2,1-3H3,(H,25,26,27). The minimum atomic E-state index is -3.20. The first-order valence-corrected chi connectivity index (χ1v) is 12.9. The number of halogens is 1. The van der Waals surface area contributed by atoms with Gasteiger partial charge in [0, 0.05) is 39.4 Å². The van der Waals surface area contributed by atoms with Crippen LogP contribution in [-0.4, -0.2) is 56.9 Å². The molecule has 4 rings (SSSR count). The van der Waals surface area contributed by atoms with E-state index < -0.39 is 10.0 Å². The van der Waals surface area contributed by atoms with Gasteiger partial charge in [-0.1, -0.05) is 19.1 Å². The highest BCUT2D eigenvalue weighted by molar-refractivity contribution is 7.89. The fraction of sp³-hybridized carbons (Fsp3) is 0.435. The zero-order valence-corrected chi connectivity index (χ0v) is 20.3. The minimum absolute atomic E-state index is 0.0412. The molecular formula is C23H29FN6O3S. The molecule has 0 aliphatic carbocycles. The van der Waals surface area contributed by atoms with Gasteiger partial charge in [-0.2, -0.15) is 0 Å². The number of aromatic nitrogens is 4. The molecule has 3 heterocycles. The van der Waals surface area contributed by atoms with Gasteiger partial charge in [-0.05, 0) is 43.0 Å². The van der Waals surface area contributed by atoms with E-state index in [0.29, 0.717) is 60.8 Å². The zero-order valence-electron chi connectivity index (χ0n) is 19.5. The molecule has 2 aromatic heterocycles. The third-order valence-corrected chi connectivity index (χ3v) is 8.27. The van der Waals surface area contributed by atoms with Crippen molar-refractivity contribution in [3.05, 3.63) is 52.7 Å². The van der Waals surface area contributed by atoms with Crippen molar-refractivity contribution in [1.82, 2.24) is 23.6 Å². The van der Waals surface area contributed by atoms with E-state index in [1.807, 2.05) is 6.92 Å². The summed E-state index contributed by atoms with van der Waals surface area (Å²) in [5, 5.41) is 3.32. The highest BCUT2D eigenvalue weighted by Gasteiger charge is 2.28. The van der Waals surface area contributed by atoms with Crippen molar-refractivity contribution in [3.8, 4) is 22.5 Å². The highest BCUT2D eigenvalue weighted by atomic mass is 32.2. The Labute approximate surface area is 198 Å². The zero-order chi connectivity index (χ0) is 24.5. The van der Waals surface area contributed by atoms with Crippen molar-refractivity contribution in [1.29, 1.82) is 0 Å². The van der Waals surface area contributed by atoms with E-state index in [2.05, 4.69) is 15.3 Å². The van der Waals surface area contributed by atoms with E-state index in [0.717, 1.165) is 0 Å². The molecule has 3 aromatic rings. The molecule has 1 aliphatic rings. The molecule has 0 amide bonds.